The topological polar surface area (TPSA) is 105 Å². The number of anilines is 1. The van der Waals surface area contributed by atoms with Gasteiger partial charge in [-0.25, -0.2) is 4.98 Å². The van der Waals surface area contributed by atoms with Crippen molar-refractivity contribution in [2.24, 2.45) is 0 Å². The molecule has 0 bridgehead atoms. The Bertz CT molecular complexity index is 928. The van der Waals surface area contributed by atoms with E-state index in [4.69, 9.17) is 4.74 Å². The highest BCUT2D eigenvalue weighted by atomic mass is 16.5. The molecule has 0 fully saturated rings. The monoisotopic (exact) mass is 408 g/mol. The average molecular weight is 408 g/mol. The maximum Gasteiger partial charge on any atom is 0.321 e. The van der Waals surface area contributed by atoms with E-state index in [-0.39, 0.29) is 12.3 Å². The third-order valence-electron chi connectivity index (χ3n) is 4.35. The summed E-state index contributed by atoms with van der Waals surface area (Å²) in [6.07, 6.45) is 5.81. The van der Waals surface area contributed by atoms with Crippen LogP contribution in [0.5, 0.6) is 11.5 Å². The van der Waals surface area contributed by atoms with Gasteiger partial charge in [-0.2, -0.15) is 0 Å². The summed E-state index contributed by atoms with van der Waals surface area (Å²) >= 11 is 0. The maximum absolute atomic E-state index is 12.3. The zero-order valence-corrected chi connectivity index (χ0v) is 16.4. The molecule has 0 aliphatic heterocycles. The van der Waals surface area contributed by atoms with Gasteiger partial charge in [0, 0.05) is 24.6 Å². The fourth-order valence-electron chi connectivity index (χ4n) is 2.83. The smallest absolute Gasteiger partial charge is 0.321 e. The molecule has 8 heteroatoms. The van der Waals surface area contributed by atoms with Gasteiger partial charge in [-0.15, -0.1) is 0 Å². The van der Waals surface area contributed by atoms with E-state index in [1.807, 2.05) is 41.1 Å². The number of carboxylic acids is 1. The molecule has 1 heterocycles. The highest BCUT2D eigenvalue weighted by Crippen LogP contribution is 2.22. The summed E-state index contributed by atoms with van der Waals surface area (Å²) in [7, 11) is 0. The summed E-state index contributed by atoms with van der Waals surface area (Å²) < 4.78 is 7.62. The Kier molecular flexibility index (Phi) is 7.57. The summed E-state index contributed by atoms with van der Waals surface area (Å²) in [6.45, 7) is 1.21. The number of carbonyl (C=O) groups excluding carboxylic acids is 1. The third-order valence-corrected chi connectivity index (χ3v) is 4.35. The Labute approximate surface area is 174 Å². The molecule has 0 saturated carbocycles. The van der Waals surface area contributed by atoms with Crippen molar-refractivity contribution in [1.82, 2.24) is 14.9 Å². The molecule has 0 spiro atoms. The van der Waals surface area contributed by atoms with Gasteiger partial charge in [0.15, 0.2) is 0 Å². The summed E-state index contributed by atoms with van der Waals surface area (Å²) in [5.74, 6) is -0.0690. The first-order valence-electron chi connectivity index (χ1n) is 9.65. The van der Waals surface area contributed by atoms with Gasteiger partial charge in [0.1, 0.15) is 17.5 Å². The summed E-state index contributed by atoms with van der Waals surface area (Å²) in [4.78, 5) is 27.7. The lowest BCUT2D eigenvalue weighted by Crippen LogP contribution is -2.40. The number of amides is 1. The number of nitrogens with zero attached hydrogens (tertiary/aromatic N) is 2. The van der Waals surface area contributed by atoms with Crippen LogP contribution in [0.1, 0.15) is 12.8 Å². The first-order valence-corrected chi connectivity index (χ1v) is 9.65. The van der Waals surface area contributed by atoms with E-state index in [9.17, 15) is 14.7 Å². The van der Waals surface area contributed by atoms with Gasteiger partial charge in [0.2, 0.25) is 5.91 Å². The van der Waals surface area contributed by atoms with Crippen molar-refractivity contribution in [2.45, 2.75) is 25.4 Å². The van der Waals surface area contributed by atoms with E-state index < -0.39 is 12.0 Å². The number of carbonyl (C=O) groups is 2. The molecule has 1 aromatic heterocycles. The van der Waals surface area contributed by atoms with Crippen molar-refractivity contribution in [2.75, 3.05) is 11.9 Å². The third kappa shape index (κ3) is 6.75. The molecule has 8 nitrogen and oxygen atoms in total. The van der Waals surface area contributed by atoms with Crippen LogP contribution in [0, 0.1) is 0 Å². The largest absolute Gasteiger partial charge is 0.480 e. The number of ether oxygens (including phenoxy) is 1. The Morgan fingerprint density at radius 2 is 1.80 bits per heavy atom. The quantitative estimate of drug-likeness (QED) is 0.421. The summed E-state index contributed by atoms with van der Waals surface area (Å²) in [5, 5.41) is 15.0. The minimum Gasteiger partial charge on any atom is -0.480 e. The number of carboxylic acid groups (broad SMARTS) is 1. The molecule has 1 unspecified atom stereocenters. The lowest BCUT2D eigenvalue weighted by molar-refractivity contribution is -0.141. The van der Waals surface area contributed by atoms with E-state index in [0.717, 1.165) is 18.7 Å². The standard InChI is InChI=1S/C22H24N4O4/c27-21(15-20(22(28)29)24-11-4-13-26-14-12-23-16-26)25-17-7-9-19(10-8-17)30-18-5-2-1-3-6-18/h1-3,5-10,12,14,16,20,24H,4,11,13,15H2,(H,25,27)(H,28,29). The van der Waals surface area contributed by atoms with Crippen LogP contribution in [-0.2, 0) is 16.1 Å². The second-order valence-electron chi connectivity index (χ2n) is 6.69. The van der Waals surface area contributed by atoms with Crippen molar-refractivity contribution in [1.29, 1.82) is 0 Å². The molecule has 0 aliphatic carbocycles. The van der Waals surface area contributed by atoms with Crippen LogP contribution in [0.2, 0.25) is 0 Å². The van der Waals surface area contributed by atoms with Crippen LogP contribution in [0.25, 0.3) is 0 Å². The highest BCUT2D eigenvalue weighted by molar-refractivity contribution is 5.94. The van der Waals surface area contributed by atoms with Gasteiger partial charge in [-0.05, 0) is 49.4 Å². The second-order valence-corrected chi connectivity index (χ2v) is 6.69. The first-order chi connectivity index (χ1) is 14.6. The summed E-state index contributed by atoms with van der Waals surface area (Å²) in [6, 6.07) is 15.3. The number of imidazole rings is 1. The van der Waals surface area contributed by atoms with Crippen LogP contribution in [0.4, 0.5) is 5.69 Å². The second kappa shape index (κ2) is 10.8. The predicted octanol–water partition coefficient (Wildman–Crippen LogP) is 3.14. The SMILES string of the molecule is O=C(CC(NCCCn1ccnc1)C(=O)O)Nc1ccc(Oc2ccccc2)cc1. The van der Waals surface area contributed by atoms with Crippen LogP contribution in [-0.4, -0.2) is 39.1 Å². The number of para-hydroxylation sites is 1. The molecular formula is C22H24N4O4. The van der Waals surface area contributed by atoms with E-state index >= 15 is 0 Å². The molecule has 1 amide bonds. The van der Waals surface area contributed by atoms with Crippen LogP contribution in [0.3, 0.4) is 0 Å². The normalized spacial score (nSPS) is 11.6. The minimum absolute atomic E-state index is 0.164. The lowest BCUT2D eigenvalue weighted by Gasteiger charge is -2.15. The number of aromatic nitrogens is 2. The molecule has 0 saturated heterocycles. The number of aryl methyl sites for hydroxylation is 1. The van der Waals surface area contributed by atoms with Gasteiger partial charge in [-0.1, -0.05) is 18.2 Å². The van der Waals surface area contributed by atoms with Crippen molar-refractivity contribution in [3.05, 3.63) is 73.3 Å². The Morgan fingerprint density at radius 1 is 1.07 bits per heavy atom. The lowest BCUT2D eigenvalue weighted by atomic mass is 10.2. The summed E-state index contributed by atoms with van der Waals surface area (Å²) in [5.41, 5.74) is 0.574. The fourth-order valence-corrected chi connectivity index (χ4v) is 2.83. The first kappa shape index (κ1) is 21.1. The number of aliphatic carboxylic acids is 1. The Balaban J connectivity index is 1.44. The van der Waals surface area contributed by atoms with E-state index in [1.165, 1.54) is 0 Å². The number of benzene rings is 2. The van der Waals surface area contributed by atoms with E-state index in [0.29, 0.717) is 18.0 Å². The molecule has 30 heavy (non-hydrogen) atoms. The van der Waals surface area contributed by atoms with E-state index in [1.54, 1.807) is 36.8 Å². The van der Waals surface area contributed by atoms with Gasteiger partial charge in [0.05, 0.1) is 12.7 Å². The number of hydrogen-bond acceptors (Lipinski definition) is 5. The molecule has 0 aliphatic rings. The molecule has 0 radical (unpaired) electrons. The van der Waals surface area contributed by atoms with E-state index in [2.05, 4.69) is 15.6 Å². The molecule has 3 rings (SSSR count). The van der Waals surface area contributed by atoms with Crippen LogP contribution < -0.4 is 15.4 Å². The molecule has 3 aromatic rings. The maximum atomic E-state index is 12.3. The van der Waals surface area contributed by atoms with Crippen molar-refractivity contribution in [3.8, 4) is 11.5 Å². The zero-order chi connectivity index (χ0) is 21.2. The van der Waals surface area contributed by atoms with Crippen LogP contribution >= 0.6 is 0 Å². The number of nitrogens with one attached hydrogen (secondary N) is 2. The zero-order valence-electron chi connectivity index (χ0n) is 16.4. The molecule has 3 N–H and O–H groups in total. The number of hydrogen-bond donors (Lipinski definition) is 3. The Morgan fingerprint density at radius 3 is 2.47 bits per heavy atom. The van der Waals surface area contributed by atoms with Gasteiger partial charge in [-0.3, -0.25) is 9.59 Å². The van der Waals surface area contributed by atoms with Crippen molar-refractivity contribution >= 4 is 17.6 Å². The highest BCUT2D eigenvalue weighted by Gasteiger charge is 2.20. The van der Waals surface area contributed by atoms with Gasteiger partial charge in [0.25, 0.3) is 0 Å². The Hall–Kier alpha value is -3.65. The van der Waals surface area contributed by atoms with Crippen molar-refractivity contribution in [3.63, 3.8) is 0 Å². The average Bonchev–Trinajstić information content (AvgIpc) is 3.26. The van der Waals surface area contributed by atoms with Gasteiger partial charge >= 0.3 is 5.97 Å². The number of rotatable bonds is 11. The molecule has 156 valence electrons. The van der Waals surface area contributed by atoms with Gasteiger partial charge < -0.3 is 25.0 Å². The van der Waals surface area contributed by atoms with Crippen molar-refractivity contribution < 1.29 is 19.4 Å². The minimum atomic E-state index is -1.06. The fraction of sp³-hybridized carbons (Fsp3) is 0.227. The molecular weight excluding hydrogens is 384 g/mol. The molecule has 2 aromatic carbocycles. The molecule has 1 atom stereocenters. The van der Waals surface area contributed by atoms with Crippen LogP contribution in [0.15, 0.2) is 73.3 Å². The predicted molar refractivity (Wildman–Crippen MR) is 112 cm³/mol.